The van der Waals surface area contributed by atoms with Gasteiger partial charge in [-0.3, -0.25) is 25.8 Å². The van der Waals surface area contributed by atoms with Crippen molar-refractivity contribution in [2.45, 2.75) is 0 Å². The van der Waals surface area contributed by atoms with Gasteiger partial charge in [0.1, 0.15) is 5.75 Å². The molecule has 0 aromatic heterocycles. The van der Waals surface area contributed by atoms with Crippen LogP contribution in [0.2, 0.25) is 5.02 Å². The number of thiocarbonyl (C=S) groups is 1. The molecule has 0 bridgehead atoms. The molecule has 0 saturated heterocycles. The minimum absolute atomic E-state index is 0.0317. The highest BCUT2D eigenvalue weighted by Gasteiger charge is 2.11. The van der Waals surface area contributed by atoms with Crippen molar-refractivity contribution < 1.29 is 14.3 Å². The Balaban J connectivity index is 1.76. The number of rotatable bonds is 4. The van der Waals surface area contributed by atoms with E-state index in [2.05, 4.69) is 38.8 Å². The molecule has 2 rings (SSSR count). The molecule has 130 valence electrons. The lowest BCUT2D eigenvalue weighted by atomic mass is 10.2. The van der Waals surface area contributed by atoms with Gasteiger partial charge < -0.3 is 4.74 Å². The van der Waals surface area contributed by atoms with Gasteiger partial charge in [0, 0.05) is 3.57 Å². The maximum atomic E-state index is 12.1. The number of nitrogens with one attached hydrogen (secondary N) is 3. The first kappa shape index (κ1) is 19.4. The van der Waals surface area contributed by atoms with E-state index < -0.39 is 5.91 Å². The second kappa shape index (κ2) is 9.54. The topological polar surface area (TPSA) is 79.5 Å². The number of ether oxygens (including phenoxy) is 1. The standard InChI is InChI=1S/C16H13ClIN3O3S/c17-11-6-2-4-8-13(11)24-9-14(22)20-21-16(25)19-15(23)10-5-1-3-7-12(10)18/h1-8H,9H2,(H,20,22)(H2,19,21,23,25). The van der Waals surface area contributed by atoms with Gasteiger partial charge in [0.2, 0.25) is 0 Å². The maximum absolute atomic E-state index is 12.1. The Kier molecular flexibility index (Phi) is 7.41. The van der Waals surface area contributed by atoms with Gasteiger partial charge in [0.05, 0.1) is 10.6 Å². The highest BCUT2D eigenvalue weighted by atomic mass is 127. The number of carbonyl (C=O) groups is 2. The molecule has 0 radical (unpaired) electrons. The SMILES string of the molecule is O=C(COc1ccccc1Cl)NNC(=S)NC(=O)c1ccccc1I. The summed E-state index contributed by atoms with van der Waals surface area (Å²) in [5.41, 5.74) is 5.25. The van der Waals surface area contributed by atoms with Crippen LogP contribution in [0.25, 0.3) is 0 Å². The Morgan fingerprint density at radius 3 is 2.48 bits per heavy atom. The quantitative estimate of drug-likeness (QED) is 0.350. The molecule has 0 aliphatic carbocycles. The lowest BCUT2D eigenvalue weighted by Crippen LogP contribution is -2.49. The normalized spacial score (nSPS) is 9.84. The first-order valence-corrected chi connectivity index (χ1v) is 8.86. The number of hydrogen-bond donors (Lipinski definition) is 3. The average Bonchev–Trinajstić information content (AvgIpc) is 2.59. The lowest BCUT2D eigenvalue weighted by molar-refractivity contribution is -0.123. The van der Waals surface area contributed by atoms with Gasteiger partial charge in [-0.25, -0.2) is 0 Å². The maximum Gasteiger partial charge on any atom is 0.276 e. The molecule has 3 N–H and O–H groups in total. The van der Waals surface area contributed by atoms with E-state index in [1.807, 2.05) is 6.07 Å². The Labute approximate surface area is 168 Å². The first-order valence-electron chi connectivity index (χ1n) is 6.99. The van der Waals surface area contributed by atoms with Gasteiger partial charge in [-0.1, -0.05) is 35.9 Å². The number of amides is 2. The molecule has 25 heavy (non-hydrogen) atoms. The van der Waals surface area contributed by atoms with E-state index in [1.165, 1.54) is 0 Å². The van der Waals surface area contributed by atoms with E-state index in [4.69, 9.17) is 28.6 Å². The largest absolute Gasteiger partial charge is 0.482 e. The minimum atomic E-state index is -0.481. The number of halogens is 2. The van der Waals surface area contributed by atoms with Crippen LogP contribution in [0.3, 0.4) is 0 Å². The Morgan fingerprint density at radius 2 is 1.76 bits per heavy atom. The molecule has 0 heterocycles. The van der Waals surface area contributed by atoms with Crippen LogP contribution in [0.5, 0.6) is 5.75 Å². The second-order valence-electron chi connectivity index (χ2n) is 4.66. The van der Waals surface area contributed by atoms with Gasteiger partial charge in [-0.2, -0.15) is 0 Å². The van der Waals surface area contributed by atoms with Crippen LogP contribution in [0.4, 0.5) is 0 Å². The lowest BCUT2D eigenvalue weighted by Gasteiger charge is -2.12. The highest BCUT2D eigenvalue weighted by molar-refractivity contribution is 14.1. The molecule has 0 unspecified atom stereocenters. The van der Waals surface area contributed by atoms with E-state index in [9.17, 15) is 9.59 Å². The summed E-state index contributed by atoms with van der Waals surface area (Å²) in [7, 11) is 0. The van der Waals surface area contributed by atoms with Crippen molar-refractivity contribution in [3.63, 3.8) is 0 Å². The molecule has 0 fully saturated rings. The van der Waals surface area contributed by atoms with Crippen molar-refractivity contribution in [1.82, 2.24) is 16.2 Å². The van der Waals surface area contributed by atoms with Gasteiger partial charge in [-0.05, 0) is 59.1 Å². The van der Waals surface area contributed by atoms with E-state index in [0.29, 0.717) is 16.3 Å². The number of hydrazine groups is 1. The predicted octanol–water partition coefficient (Wildman–Crippen LogP) is 2.66. The summed E-state index contributed by atoms with van der Waals surface area (Å²) in [5, 5.41) is 2.85. The Morgan fingerprint density at radius 1 is 1.08 bits per heavy atom. The summed E-state index contributed by atoms with van der Waals surface area (Å²) in [5.74, 6) is -0.455. The van der Waals surface area contributed by atoms with Crippen LogP contribution in [0.1, 0.15) is 10.4 Å². The monoisotopic (exact) mass is 489 g/mol. The van der Waals surface area contributed by atoms with Gasteiger partial charge in [-0.15, -0.1) is 0 Å². The van der Waals surface area contributed by atoms with Crippen molar-refractivity contribution >= 4 is 63.3 Å². The fraction of sp³-hybridized carbons (Fsp3) is 0.0625. The number of carbonyl (C=O) groups excluding carboxylic acids is 2. The van der Waals surface area contributed by atoms with Gasteiger partial charge >= 0.3 is 0 Å². The summed E-state index contributed by atoms with van der Waals surface area (Å²) >= 11 is 12.9. The second-order valence-corrected chi connectivity index (χ2v) is 6.63. The van der Waals surface area contributed by atoms with Gasteiger partial charge in [0.15, 0.2) is 11.7 Å². The van der Waals surface area contributed by atoms with Crippen molar-refractivity contribution in [2.75, 3.05) is 6.61 Å². The first-order chi connectivity index (χ1) is 12.0. The van der Waals surface area contributed by atoms with Crippen molar-refractivity contribution in [3.8, 4) is 5.75 Å². The Hall–Kier alpha value is -1.91. The van der Waals surface area contributed by atoms with Crippen LogP contribution >= 0.6 is 46.4 Å². The molecule has 2 aromatic carbocycles. The number of benzene rings is 2. The molecular weight excluding hydrogens is 477 g/mol. The molecule has 2 aromatic rings. The molecule has 2 amide bonds. The van der Waals surface area contributed by atoms with Crippen molar-refractivity contribution in [3.05, 3.63) is 62.7 Å². The summed E-state index contributed by atoms with van der Waals surface area (Å²) in [6, 6.07) is 13.9. The molecular formula is C16H13ClIN3O3S. The van der Waals surface area contributed by atoms with Gasteiger partial charge in [0.25, 0.3) is 11.8 Å². The number of para-hydroxylation sites is 1. The fourth-order valence-electron chi connectivity index (χ4n) is 1.71. The van der Waals surface area contributed by atoms with Crippen molar-refractivity contribution in [1.29, 1.82) is 0 Å². The minimum Gasteiger partial charge on any atom is -0.482 e. The summed E-state index contributed by atoms with van der Waals surface area (Å²) in [6.45, 7) is -0.260. The zero-order chi connectivity index (χ0) is 18.2. The summed E-state index contributed by atoms with van der Waals surface area (Å²) in [4.78, 5) is 23.8. The summed E-state index contributed by atoms with van der Waals surface area (Å²) in [6.07, 6.45) is 0. The van der Waals surface area contributed by atoms with Crippen molar-refractivity contribution in [2.24, 2.45) is 0 Å². The van der Waals surface area contributed by atoms with Crippen LogP contribution in [0, 0.1) is 3.57 Å². The zero-order valence-corrected chi connectivity index (χ0v) is 16.4. The van der Waals surface area contributed by atoms with Crippen LogP contribution in [-0.4, -0.2) is 23.5 Å². The van der Waals surface area contributed by atoms with E-state index in [1.54, 1.807) is 42.5 Å². The molecule has 0 aliphatic heterocycles. The smallest absolute Gasteiger partial charge is 0.276 e. The third-order valence-electron chi connectivity index (χ3n) is 2.86. The molecule has 0 aliphatic rings. The molecule has 0 spiro atoms. The van der Waals surface area contributed by atoms with Crippen LogP contribution in [0.15, 0.2) is 48.5 Å². The summed E-state index contributed by atoms with van der Waals surface area (Å²) < 4.78 is 6.07. The van der Waals surface area contributed by atoms with Crippen LogP contribution in [-0.2, 0) is 4.79 Å². The Bertz CT molecular complexity index is 804. The average molecular weight is 490 g/mol. The predicted molar refractivity (Wildman–Crippen MR) is 107 cm³/mol. The molecule has 0 atom stereocenters. The highest BCUT2D eigenvalue weighted by Crippen LogP contribution is 2.22. The third-order valence-corrected chi connectivity index (χ3v) is 4.31. The van der Waals surface area contributed by atoms with Crippen LogP contribution < -0.4 is 20.9 Å². The van der Waals surface area contributed by atoms with E-state index in [-0.39, 0.29) is 17.6 Å². The zero-order valence-electron chi connectivity index (χ0n) is 12.7. The van der Waals surface area contributed by atoms with E-state index in [0.717, 1.165) is 3.57 Å². The number of hydrogen-bond acceptors (Lipinski definition) is 4. The molecule has 9 heteroatoms. The molecule has 6 nitrogen and oxygen atoms in total. The third kappa shape index (κ3) is 6.15. The molecule has 0 saturated carbocycles. The fourth-order valence-corrected chi connectivity index (χ4v) is 2.68. The van der Waals surface area contributed by atoms with E-state index >= 15 is 0 Å².